The van der Waals surface area contributed by atoms with Gasteiger partial charge in [0.25, 0.3) is 0 Å². The highest BCUT2D eigenvalue weighted by Crippen LogP contribution is 2.34. The maximum Gasteiger partial charge on any atom is 0.178 e. The van der Waals surface area contributed by atoms with Crippen molar-refractivity contribution in [1.82, 2.24) is 15.0 Å². The fourth-order valence-corrected chi connectivity index (χ4v) is 2.54. The number of hydrogen-bond donors (Lipinski definition) is 0. The standard InChI is InChI=1S/C15H10BrN3O2/c16-10-6-11-15(18-7-10)19-12(8-17-11)9-1-2-13-14(5-9)21-4-3-20-13/h1-2,5-8H,3-4H2. The molecule has 104 valence electrons. The van der Waals surface area contributed by atoms with Gasteiger partial charge in [0.2, 0.25) is 0 Å². The summed E-state index contributed by atoms with van der Waals surface area (Å²) in [6.07, 6.45) is 3.45. The highest BCUT2D eigenvalue weighted by atomic mass is 79.9. The number of aromatic nitrogens is 3. The van der Waals surface area contributed by atoms with Crippen LogP contribution in [-0.4, -0.2) is 28.2 Å². The van der Waals surface area contributed by atoms with Crippen molar-refractivity contribution in [3.05, 3.63) is 41.1 Å². The molecule has 0 saturated heterocycles. The van der Waals surface area contributed by atoms with Crippen molar-refractivity contribution in [1.29, 1.82) is 0 Å². The van der Waals surface area contributed by atoms with Gasteiger partial charge in [-0.25, -0.2) is 9.97 Å². The average molecular weight is 344 g/mol. The Bertz CT molecular complexity index is 838. The molecule has 0 aliphatic carbocycles. The van der Waals surface area contributed by atoms with Crippen molar-refractivity contribution in [2.75, 3.05) is 13.2 Å². The highest BCUT2D eigenvalue weighted by molar-refractivity contribution is 9.10. The molecule has 0 fully saturated rings. The normalized spacial score (nSPS) is 13.4. The molecule has 6 heteroatoms. The summed E-state index contributed by atoms with van der Waals surface area (Å²) in [6.45, 7) is 1.15. The van der Waals surface area contributed by atoms with Gasteiger partial charge in [-0.2, -0.15) is 0 Å². The lowest BCUT2D eigenvalue weighted by atomic mass is 10.1. The fraction of sp³-hybridized carbons (Fsp3) is 0.133. The van der Waals surface area contributed by atoms with Crippen LogP contribution >= 0.6 is 15.9 Å². The number of rotatable bonds is 1. The van der Waals surface area contributed by atoms with E-state index in [4.69, 9.17) is 9.47 Å². The molecule has 0 unspecified atom stereocenters. The molecule has 5 nitrogen and oxygen atoms in total. The van der Waals surface area contributed by atoms with Gasteiger partial charge in [0, 0.05) is 16.2 Å². The topological polar surface area (TPSA) is 57.1 Å². The van der Waals surface area contributed by atoms with E-state index < -0.39 is 0 Å². The van der Waals surface area contributed by atoms with E-state index in [1.165, 1.54) is 0 Å². The molecule has 1 aliphatic rings. The molecule has 1 aromatic carbocycles. The smallest absolute Gasteiger partial charge is 0.178 e. The summed E-state index contributed by atoms with van der Waals surface area (Å²) in [6, 6.07) is 7.65. The van der Waals surface area contributed by atoms with Crippen LogP contribution in [0.4, 0.5) is 0 Å². The molecule has 0 spiro atoms. The Morgan fingerprint density at radius 3 is 2.71 bits per heavy atom. The van der Waals surface area contributed by atoms with Gasteiger partial charge in [-0.05, 0) is 40.2 Å². The van der Waals surface area contributed by atoms with E-state index in [-0.39, 0.29) is 0 Å². The molecule has 3 heterocycles. The van der Waals surface area contributed by atoms with Crippen molar-refractivity contribution >= 4 is 27.1 Å². The molecule has 2 aromatic heterocycles. The second kappa shape index (κ2) is 4.96. The summed E-state index contributed by atoms with van der Waals surface area (Å²) in [5.74, 6) is 1.50. The Morgan fingerprint density at radius 2 is 1.81 bits per heavy atom. The number of fused-ring (bicyclic) bond motifs is 2. The first-order valence-corrected chi connectivity index (χ1v) is 7.27. The molecule has 0 saturated carbocycles. The molecule has 1 aliphatic heterocycles. The predicted molar refractivity (Wildman–Crippen MR) is 81.5 cm³/mol. The lowest BCUT2D eigenvalue weighted by molar-refractivity contribution is 0.171. The first-order valence-electron chi connectivity index (χ1n) is 6.48. The molecule has 0 bridgehead atoms. The second-order valence-corrected chi connectivity index (χ2v) is 5.53. The van der Waals surface area contributed by atoms with Crippen LogP contribution in [0.3, 0.4) is 0 Å². The average Bonchev–Trinajstić information content (AvgIpc) is 2.54. The molecule has 21 heavy (non-hydrogen) atoms. The Labute approximate surface area is 129 Å². The minimum absolute atomic E-state index is 0.565. The maximum atomic E-state index is 5.59. The van der Waals surface area contributed by atoms with Crippen LogP contribution in [0.15, 0.2) is 41.1 Å². The Morgan fingerprint density at radius 1 is 0.952 bits per heavy atom. The number of halogens is 1. The van der Waals surface area contributed by atoms with Crippen LogP contribution in [0, 0.1) is 0 Å². The molecule has 0 N–H and O–H groups in total. The number of ether oxygens (including phenoxy) is 2. The van der Waals surface area contributed by atoms with E-state index >= 15 is 0 Å². The van der Waals surface area contributed by atoms with Crippen molar-refractivity contribution in [3.63, 3.8) is 0 Å². The van der Waals surface area contributed by atoms with E-state index in [0.29, 0.717) is 18.9 Å². The van der Waals surface area contributed by atoms with Crippen LogP contribution in [0.5, 0.6) is 11.5 Å². The number of pyridine rings is 1. The van der Waals surface area contributed by atoms with Crippen LogP contribution < -0.4 is 9.47 Å². The van der Waals surface area contributed by atoms with Crippen LogP contribution in [0.2, 0.25) is 0 Å². The van der Waals surface area contributed by atoms with E-state index in [0.717, 1.165) is 32.7 Å². The summed E-state index contributed by atoms with van der Waals surface area (Å²) < 4.78 is 12.0. The van der Waals surface area contributed by atoms with Crippen LogP contribution in [0.1, 0.15) is 0 Å². The van der Waals surface area contributed by atoms with Crippen molar-refractivity contribution < 1.29 is 9.47 Å². The lowest BCUT2D eigenvalue weighted by Crippen LogP contribution is -2.15. The minimum atomic E-state index is 0.565. The molecule has 4 rings (SSSR count). The molecular weight excluding hydrogens is 334 g/mol. The summed E-state index contributed by atoms with van der Waals surface area (Å²) in [5.41, 5.74) is 3.06. The zero-order valence-electron chi connectivity index (χ0n) is 10.9. The number of nitrogens with zero attached hydrogens (tertiary/aromatic N) is 3. The zero-order chi connectivity index (χ0) is 14.2. The summed E-state index contributed by atoms with van der Waals surface area (Å²) >= 11 is 3.38. The SMILES string of the molecule is Brc1cnc2nc(-c3ccc4c(c3)OCCO4)cnc2c1. The molecule has 3 aromatic rings. The Hall–Kier alpha value is -2.21. The third-order valence-corrected chi connectivity index (χ3v) is 3.64. The van der Waals surface area contributed by atoms with Gasteiger partial charge >= 0.3 is 0 Å². The van der Waals surface area contributed by atoms with E-state index in [1.54, 1.807) is 12.4 Å². The third kappa shape index (κ3) is 2.31. The molecule has 0 atom stereocenters. The largest absolute Gasteiger partial charge is 0.486 e. The first-order chi connectivity index (χ1) is 10.3. The van der Waals surface area contributed by atoms with Crippen LogP contribution in [-0.2, 0) is 0 Å². The van der Waals surface area contributed by atoms with Gasteiger partial charge in [-0.1, -0.05) is 0 Å². The lowest BCUT2D eigenvalue weighted by Gasteiger charge is -2.18. The van der Waals surface area contributed by atoms with Gasteiger partial charge in [0.05, 0.1) is 11.9 Å². The Kier molecular flexibility index (Phi) is 2.96. The van der Waals surface area contributed by atoms with Gasteiger partial charge in [0.1, 0.15) is 18.7 Å². The molecule has 0 amide bonds. The summed E-state index contributed by atoms with van der Waals surface area (Å²) in [7, 11) is 0. The van der Waals surface area contributed by atoms with Crippen molar-refractivity contribution in [2.45, 2.75) is 0 Å². The van der Waals surface area contributed by atoms with Gasteiger partial charge in [-0.3, -0.25) is 4.98 Å². The predicted octanol–water partition coefficient (Wildman–Crippen LogP) is 3.23. The third-order valence-electron chi connectivity index (χ3n) is 3.20. The first kappa shape index (κ1) is 12.5. The van der Waals surface area contributed by atoms with Gasteiger partial charge in [-0.15, -0.1) is 0 Å². The fourth-order valence-electron chi connectivity index (χ4n) is 2.22. The van der Waals surface area contributed by atoms with E-state index in [9.17, 15) is 0 Å². The maximum absolute atomic E-state index is 5.59. The highest BCUT2D eigenvalue weighted by Gasteiger charge is 2.13. The molecular formula is C15H10BrN3O2. The number of benzene rings is 1. The Balaban J connectivity index is 1.80. The monoisotopic (exact) mass is 343 g/mol. The quantitative estimate of drug-likeness (QED) is 0.678. The van der Waals surface area contributed by atoms with Crippen LogP contribution in [0.25, 0.3) is 22.4 Å². The van der Waals surface area contributed by atoms with E-state index in [2.05, 4.69) is 30.9 Å². The van der Waals surface area contributed by atoms with Crippen molar-refractivity contribution in [2.24, 2.45) is 0 Å². The van der Waals surface area contributed by atoms with E-state index in [1.807, 2.05) is 24.3 Å². The van der Waals surface area contributed by atoms with Crippen molar-refractivity contribution in [3.8, 4) is 22.8 Å². The van der Waals surface area contributed by atoms with Gasteiger partial charge < -0.3 is 9.47 Å². The molecule has 0 radical (unpaired) electrons. The summed E-state index contributed by atoms with van der Waals surface area (Å²) in [4.78, 5) is 13.2. The zero-order valence-corrected chi connectivity index (χ0v) is 12.5. The summed E-state index contributed by atoms with van der Waals surface area (Å²) in [5, 5.41) is 0. The number of hydrogen-bond acceptors (Lipinski definition) is 5. The second-order valence-electron chi connectivity index (χ2n) is 4.61. The minimum Gasteiger partial charge on any atom is -0.486 e. The van der Waals surface area contributed by atoms with Gasteiger partial charge in [0.15, 0.2) is 17.1 Å².